The predicted molar refractivity (Wildman–Crippen MR) is 97.0 cm³/mol. The first-order chi connectivity index (χ1) is 11.3. The van der Waals surface area contributed by atoms with Gasteiger partial charge in [0.2, 0.25) is 0 Å². The summed E-state index contributed by atoms with van der Waals surface area (Å²) in [7, 11) is 0. The number of hydrogen-bond donors (Lipinski definition) is 2. The maximum absolute atomic E-state index is 12.4. The summed E-state index contributed by atoms with van der Waals surface area (Å²) in [5.41, 5.74) is 7.98. The second-order valence-corrected chi connectivity index (χ2v) is 7.50. The van der Waals surface area contributed by atoms with Gasteiger partial charge in [-0.3, -0.25) is 9.69 Å². The monoisotopic (exact) mass is 348 g/mol. The molecular weight excluding hydrogens is 328 g/mol. The van der Waals surface area contributed by atoms with E-state index in [2.05, 4.69) is 21.3 Å². The number of thioether (sulfide) groups is 1. The van der Waals surface area contributed by atoms with Crippen molar-refractivity contribution >= 4 is 34.7 Å². The number of carbonyl (C=O) groups is 1. The molecule has 1 saturated heterocycles. The molecule has 3 rings (SSSR count). The summed E-state index contributed by atoms with van der Waals surface area (Å²) in [4.78, 5) is 19.0. The lowest BCUT2D eigenvalue weighted by Crippen LogP contribution is -2.32. The number of nitrogens with zero attached hydrogens (tertiary/aromatic N) is 2. The first-order valence-electron chi connectivity index (χ1n) is 7.60. The normalized spacial score (nSPS) is 15.5. The predicted octanol–water partition coefficient (Wildman–Crippen LogP) is 2.40. The van der Waals surface area contributed by atoms with Crippen LogP contribution in [-0.2, 0) is 13.1 Å². The Morgan fingerprint density at radius 3 is 2.83 bits per heavy atom. The van der Waals surface area contributed by atoms with Gasteiger partial charge in [0.15, 0.2) is 0 Å². The summed E-state index contributed by atoms with van der Waals surface area (Å²) in [6.07, 6.45) is 0. The van der Waals surface area contributed by atoms with Gasteiger partial charge in [-0.1, -0.05) is 18.2 Å². The van der Waals surface area contributed by atoms with E-state index in [1.165, 1.54) is 22.8 Å². The Kier molecular flexibility index (Phi) is 5.66. The molecular formula is C16H20N4OS2. The Labute approximate surface area is 144 Å². The fourth-order valence-corrected chi connectivity index (χ4v) is 4.11. The molecule has 5 nitrogen and oxygen atoms in total. The Morgan fingerprint density at radius 2 is 2.09 bits per heavy atom. The quantitative estimate of drug-likeness (QED) is 0.868. The van der Waals surface area contributed by atoms with Crippen LogP contribution in [0.2, 0.25) is 0 Å². The van der Waals surface area contributed by atoms with Crippen LogP contribution in [0.3, 0.4) is 0 Å². The Bertz CT molecular complexity index is 668. The van der Waals surface area contributed by atoms with Crippen molar-refractivity contribution in [2.45, 2.75) is 13.1 Å². The molecule has 0 aliphatic carbocycles. The fraction of sp³-hybridized carbons (Fsp3) is 0.375. The average Bonchev–Trinajstić information content (AvgIpc) is 3.07. The number of benzene rings is 1. The van der Waals surface area contributed by atoms with Gasteiger partial charge in [-0.15, -0.1) is 11.3 Å². The largest absolute Gasteiger partial charge is 0.325 e. The third kappa shape index (κ3) is 4.32. The minimum atomic E-state index is -0.178. The van der Waals surface area contributed by atoms with E-state index in [9.17, 15) is 4.79 Å². The van der Waals surface area contributed by atoms with E-state index in [1.807, 2.05) is 30.0 Å². The van der Waals surface area contributed by atoms with Gasteiger partial charge in [0, 0.05) is 48.8 Å². The number of para-hydroxylation sites is 1. The molecule has 0 bridgehead atoms. The van der Waals surface area contributed by atoms with Crippen LogP contribution < -0.4 is 11.1 Å². The van der Waals surface area contributed by atoms with E-state index in [4.69, 9.17) is 5.73 Å². The molecule has 1 aromatic heterocycles. The summed E-state index contributed by atoms with van der Waals surface area (Å²) in [5, 5.41) is 5.51. The first kappa shape index (κ1) is 16.4. The molecule has 7 heteroatoms. The highest BCUT2D eigenvalue weighted by atomic mass is 32.2. The number of rotatable bonds is 5. The van der Waals surface area contributed by atoms with Crippen LogP contribution in [0.15, 0.2) is 29.6 Å². The lowest BCUT2D eigenvalue weighted by atomic mass is 10.1. The van der Waals surface area contributed by atoms with Crippen LogP contribution >= 0.6 is 23.1 Å². The van der Waals surface area contributed by atoms with Crippen LogP contribution in [-0.4, -0.2) is 40.4 Å². The van der Waals surface area contributed by atoms with Gasteiger partial charge in [-0.2, -0.15) is 11.8 Å². The number of carbonyl (C=O) groups excluding carboxylic acids is 1. The van der Waals surface area contributed by atoms with E-state index in [-0.39, 0.29) is 5.91 Å². The molecule has 0 unspecified atom stereocenters. The maximum Gasteiger partial charge on any atom is 0.275 e. The minimum absolute atomic E-state index is 0.178. The number of amides is 1. The van der Waals surface area contributed by atoms with Crippen LogP contribution in [0.25, 0.3) is 0 Å². The van der Waals surface area contributed by atoms with Crippen LogP contribution in [0.1, 0.15) is 21.1 Å². The van der Waals surface area contributed by atoms with Crippen LogP contribution in [0.4, 0.5) is 5.69 Å². The minimum Gasteiger partial charge on any atom is -0.325 e. The van der Waals surface area contributed by atoms with Crippen molar-refractivity contribution < 1.29 is 4.79 Å². The Hall–Kier alpha value is -1.41. The molecule has 1 aromatic carbocycles. The van der Waals surface area contributed by atoms with Gasteiger partial charge in [0.25, 0.3) is 5.91 Å². The SMILES string of the molecule is NCc1nc(C(=O)Nc2ccccc2CN2CCSCC2)cs1. The first-order valence-corrected chi connectivity index (χ1v) is 9.63. The van der Waals surface area contributed by atoms with Crippen LogP contribution in [0.5, 0.6) is 0 Å². The lowest BCUT2D eigenvalue weighted by molar-refractivity contribution is 0.102. The Balaban J connectivity index is 1.70. The van der Waals surface area contributed by atoms with E-state index in [0.717, 1.165) is 35.9 Å². The summed E-state index contributed by atoms with van der Waals surface area (Å²) < 4.78 is 0. The fourth-order valence-electron chi connectivity index (χ4n) is 2.48. The number of anilines is 1. The molecule has 0 radical (unpaired) electrons. The van der Waals surface area contributed by atoms with Gasteiger partial charge in [0.1, 0.15) is 10.7 Å². The van der Waals surface area contributed by atoms with Gasteiger partial charge in [-0.05, 0) is 11.6 Å². The van der Waals surface area contributed by atoms with Crippen molar-refractivity contribution in [3.8, 4) is 0 Å². The molecule has 1 aliphatic rings. The number of nitrogens with two attached hydrogens (primary N) is 1. The number of aromatic nitrogens is 1. The second-order valence-electron chi connectivity index (χ2n) is 5.33. The number of nitrogens with one attached hydrogen (secondary N) is 1. The van der Waals surface area contributed by atoms with E-state index < -0.39 is 0 Å². The number of hydrogen-bond acceptors (Lipinski definition) is 6. The zero-order valence-electron chi connectivity index (χ0n) is 12.8. The maximum atomic E-state index is 12.4. The topological polar surface area (TPSA) is 71.2 Å². The molecule has 2 heterocycles. The highest BCUT2D eigenvalue weighted by Gasteiger charge is 2.15. The summed E-state index contributed by atoms with van der Waals surface area (Å²) >= 11 is 3.41. The molecule has 1 fully saturated rings. The van der Waals surface area contributed by atoms with Crippen molar-refractivity contribution in [3.63, 3.8) is 0 Å². The van der Waals surface area contributed by atoms with Gasteiger partial charge in [0.05, 0.1) is 0 Å². The van der Waals surface area contributed by atoms with Gasteiger partial charge in [-0.25, -0.2) is 4.98 Å². The second kappa shape index (κ2) is 7.92. The van der Waals surface area contributed by atoms with Crippen molar-refractivity contribution in [3.05, 3.63) is 45.9 Å². The molecule has 3 N–H and O–H groups in total. The summed E-state index contributed by atoms with van der Waals surface area (Å²) in [6, 6.07) is 7.97. The third-order valence-corrected chi connectivity index (χ3v) is 5.54. The molecule has 0 atom stereocenters. The smallest absolute Gasteiger partial charge is 0.275 e. The zero-order chi connectivity index (χ0) is 16.1. The van der Waals surface area contributed by atoms with E-state index in [0.29, 0.717) is 12.2 Å². The number of thiazole rings is 1. The zero-order valence-corrected chi connectivity index (χ0v) is 14.5. The van der Waals surface area contributed by atoms with Crippen molar-refractivity contribution in [2.75, 3.05) is 29.9 Å². The molecule has 0 saturated carbocycles. The highest BCUT2D eigenvalue weighted by Crippen LogP contribution is 2.20. The summed E-state index contributed by atoms with van der Waals surface area (Å²) in [5.74, 6) is 2.17. The van der Waals surface area contributed by atoms with E-state index >= 15 is 0 Å². The van der Waals surface area contributed by atoms with Crippen molar-refractivity contribution in [1.82, 2.24) is 9.88 Å². The average molecular weight is 348 g/mol. The molecule has 0 spiro atoms. The molecule has 122 valence electrons. The lowest BCUT2D eigenvalue weighted by Gasteiger charge is -2.27. The summed E-state index contributed by atoms with van der Waals surface area (Å²) in [6.45, 7) is 3.42. The highest BCUT2D eigenvalue weighted by molar-refractivity contribution is 7.99. The Morgan fingerprint density at radius 1 is 1.30 bits per heavy atom. The van der Waals surface area contributed by atoms with Crippen LogP contribution in [0, 0.1) is 0 Å². The molecule has 1 aliphatic heterocycles. The third-order valence-electron chi connectivity index (χ3n) is 3.72. The van der Waals surface area contributed by atoms with Crippen molar-refractivity contribution in [2.24, 2.45) is 5.73 Å². The molecule has 23 heavy (non-hydrogen) atoms. The van der Waals surface area contributed by atoms with Gasteiger partial charge >= 0.3 is 0 Å². The van der Waals surface area contributed by atoms with Gasteiger partial charge < -0.3 is 11.1 Å². The molecule has 2 aromatic rings. The standard InChI is InChI=1S/C16H20N4OS2/c17-9-15-18-14(11-23-15)16(21)19-13-4-2-1-3-12(13)10-20-5-7-22-8-6-20/h1-4,11H,5-10,17H2,(H,19,21). The van der Waals surface area contributed by atoms with Crippen molar-refractivity contribution in [1.29, 1.82) is 0 Å². The van der Waals surface area contributed by atoms with E-state index in [1.54, 1.807) is 5.38 Å². The molecule has 1 amide bonds.